The van der Waals surface area contributed by atoms with Gasteiger partial charge in [0.25, 0.3) is 5.56 Å². The molecular formula is C27H35N3O6. The Morgan fingerprint density at radius 2 is 1.75 bits per heavy atom. The van der Waals surface area contributed by atoms with Gasteiger partial charge in [0.05, 0.1) is 6.61 Å². The number of piperidine rings is 1. The predicted octanol–water partition coefficient (Wildman–Crippen LogP) is 3.81. The third-order valence-corrected chi connectivity index (χ3v) is 6.64. The summed E-state index contributed by atoms with van der Waals surface area (Å²) in [4.78, 5) is 39.3. The summed E-state index contributed by atoms with van der Waals surface area (Å²) in [7, 11) is 0. The molecule has 2 aromatic rings. The largest absolute Gasteiger partial charge is 0.493 e. The number of hydrogen-bond donors (Lipinski definition) is 3. The van der Waals surface area contributed by atoms with E-state index in [4.69, 9.17) is 24.5 Å². The summed E-state index contributed by atoms with van der Waals surface area (Å²) in [6.45, 7) is 3.45. The highest BCUT2D eigenvalue weighted by Gasteiger charge is 2.19. The molecule has 0 unspecified atom stereocenters. The van der Waals surface area contributed by atoms with Crippen molar-refractivity contribution in [3.63, 3.8) is 0 Å². The van der Waals surface area contributed by atoms with Crippen LogP contribution in [-0.4, -0.2) is 56.7 Å². The van der Waals surface area contributed by atoms with Gasteiger partial charge in [-0.3, -0.25) is 14.7 Å². The third kappa shape index (κ3) is 8.96. The van der Waals surface area contributed by atoms with Crippen LogP contribution in [0.4, 0.5) is 0 Å². The van der Waals surface area contributed by atoms with Crippen molar-refractivity contribution in [1.29, 1.82) is 0 Å². The van der Waals surface area contributed by atoms with Gasteiger partial charge in [0.1, 0.15) is 11.4 Å². The van der Waals surface area contributed by atoms with E-state index in [0.717, 1.165) is 38.3 Å². The molecule has 2 heterocycles. The first-order chi connectivity index (χ1) is 17.4. The molecule has 0 amide bonds. The molecule has 36 heavy (non-hydrogen) atoms. The lowest BCUT2D eigenvalue weighted by molar-refractivity contribution is -0.159. The molecule has 0 atom stereocenters. The van der Waals surface area contributed by atoms with Crippen LogP contribution in [0.1, 0.15) is 56.2 Å². The van der Waals surface area contributed by atoms with Gasteiger partial charge in [-0.25, -0.2) is 9.59 Å². The predicted molar refractivity (Wildman–Crippen MR) is 136 cm³/mol. The van der Waals surface area contributed by atoms with Crippen molar-refractivity contribution in [3.8, 4) is 5.75 Å². The van der Waals surface area contributed by atoms with E-state index in [9.17, 15) is 4.79 Å². The Balaban J connectivity index is 0.000000538. The van der Waals surface area contributed by atoms with E-state index in [1.165, 1.54) is 37.7 Å². The maximum atomic E-state index is 11.8. The van der Waals surface area contributed by atoms with Gasteiger partial charge in [0.15, 0.2) is 0 Å². The Labute approximate surface area is 210 Å². The fourth-order valence-corrected chi connectivity index (χ4v) is 4.56. The monoisotopic (exact) mass is 497 g/mol. The number of carboxylic acid groups (broad SMARTS) is 2. The number of rotatable bonds is 7. The lowest BCUT2D eigenvalue weighted by Gasteiger charge is -2.30. The van der Waals surface area contributed by atoms with Crippen LogP contribution in [0.15, 0.2) is 47.5 Å². The van der Waals surface area contributed by atoms with Crippen LogP contribution in [0.25, 0.3) is 6.08 Å². The van der Waals surface area contributed by atoms with Gasteiger partial charge in [0.2, 0.25) is 0 Å². The van der Waals surface area contributed by atoms with E-state index in [-0.39, 0.29) is 5.56 Å². The molecule has 194 valence electrons. The van der Waals surface area contributed by atoms with Crippen LogP contribution < -0.4 is 10.3 Å². The number of para-hydroxylation sites is 1. The molecule has 4 rings (SSSR count). The molecule has 1 aromatic carbocycles. The molecule has 9 nitrogen and oxygen atoms in total. The van der Waals surface area contributed by atoms with Crippen molar-refractivity contribution in [2.45, 2.75) is 51.5 Å². The molecular weight excluding hydrogens is 462 g/mol. The van der Waals surface area contributed by atoms with E-state index < -0.39 is 11.9 Å². The van der Waals surface area contributed by atoms with Crippen molar-refractivity contribution in [1.82, 2.24) is 14.9 Å². The number of carboxylic acids is 2. The van der Waals surface area contributed by atoms with E-state index in [0.29, 0.717) is 24.1 Å². The SMILES string of the molecule is O=C(O)C(=O)O.O=c1[nH]ccnc1CN1CCC(/C=C/c2ccccc2OCC2CCCCC2)CC1. The summed E-state index contributed by atoms with van der Waals surface area (Å²) >= 11 is 0. The Morgan fingerprint density at radius 3 is 2.42 bits per heavy atom. The second kappa shape index (κ2) is 14.2. The standard InChI is InChI=1S/C25H33N3O2.C2H2O4/c29-25-23(26-14-15-27-25)18-28-16-12-20(13-17-28)10-11-22-8-4-5-9-24(22)30-19-21-6-2-1-3-7-21;3-1(4)2(5)6/h4-5,8-11,14-15,20-21H,1-3,6-7,12-13,16-19H2,(H,27,29);(H,3,4)(H,5,6)/b11-10+;. The fraction of sp³-hybridized carbons (Fsp3) is 0.481. The van der Waals surface area contributed by atoms with Crippen LogP contribution in [0, 0.1) is 11.8 Å². The van der Waals surface area contributed by atoms with E-state index in [1.54, 1.807) is 12.4 Å². The van der Waals surface area contributed by atoms with Crippen molar-refractivity contribution in [2.24, 2.45) is 11.8 Å². The number of aromatic nitrogens is 2. The van der Waals surface area contributed by atoms with Gasteiger partial charge >= 0.3 is 11.9 Å². The molecule has 2 aliphatic rings. The minimum Gasteiger partial charge on any atom is -0.493 e. The maximum absolute atomic E-state index is 11.8. The molecule has 1 aliphatic heterocycles. The first-order valence-corrected chi connectivity index (χ1v) is 12.5. The summed E-state index contributed by atoms with van der Waals surface area (Å²) in [6, 6.07) is 8.39. The molecule has 0 bridgehead atoms. The van der Waals surface area contributed by atoms with Crippen molar-refractivity contribution >= 4 is 18.0 Å². The second-order valence-corrected chi connectivity index (χ2v) is 9.30. The molecule has 1 saturated carbocycles. The van der Waals surface area contributed by atoms with Crippen LogP contribution in [-0.2, 0) is 16.1 Å². The number of nitrogens with one attached hydrogen (secondary N) is 1. The number of H-pyrrole nitrogens is 1. The van der Waals surface area contributed by atoms with Gasteiger partial charge < -0.3 is 19.9 Å². The first-order valence-electron chi connectivity index (χ1n) is 12.5. The number of aromatic amines is 1. The van der Waals surface area contributed by atoms with E-state index in [2.05, 4.69) is 51.3 Å². The average molecular weight is 498 g/mol. The lowest BCUT2D eigenvalue weighted by Crippen LogP contribution is -2.34. The Morgan fingerprint density at radius 1 is 1.06 bits per heavy atom. The van der Waals surface area contributed by atoms with Crippen molar-refractivity contribution in [3.05, 3.63) is 64.3 Å². The molecule has 9 heteroatoms. The number of aliphatic carboxylic acids is 2. The van der Waals surface area contributed by atoms with Gasteiger partial charge in [-0.2, -0.15) is 0 Å². The minimum absolute atomic E-state index is 0.0793. The van der Waals surface area contributed by atoms with Crippen molar-refractivity contribution < 1.29 is 24.5 Å². The van der Waals surface area contributed by atoms with Crippen LogP contribution in [0.2, 0.25) is 0 Å². The molecule has 0 radical (unpaired) electrons. The third-order valence-electron chi connectivity index (χ3n) is 6.64. The van der Waals surface area contributed by atoms with Crippen molar-refractivity contribution in [2.75, 3.05) is 19.7 Å². The number of ether oxygens (including phenoxy) is 1. The second-order valence-electron chi connectivity index (χ2n) is 9.30. The quantitative estimate of drug-likeness (QED) is 0.492. The van der Waals surface area contributed by atoms with Crippen LogP contribution >= 0.6 is 0 Å². The number of allylic oxidation sites excluding steroid dienone is 1. The number of benzene rings is 1. The summed E-state index contributed by atoms with van der Waals surface area (Å²) in [6.07, 6.45) is 16.7. The molecule has 3 N–H and O–H groups in total. The average Bonchev–Trinajstić information content (AvgIpc) is 2.90. The summed E-state index contributed by atoms with van der Waals surface area (Å²) in [5.41, 5.74) is 1.70. The maximum Gasteiger partial charge on any atom is 0.414 e. The first kappa shape index (κ1) is 27.1. The Bertz CT molecular complexity index is 1060. The molecule has 2 fully saturated rings. The van der Waals surface area contributed by atoms with E-state index >= 15 is 0 Å². The lowest BCUT2D eigenvalue weighted by atomic mass is 9.90. The van der Waals surface area contributed by atoms with Gasteiger partial charge in [0, 0.05) is 24.5 Å². The highest BCUT2D eigenvalue weighted by Crippen LogP contribution is 2.27. The van der Waals surface area contributed by atoms with E-state index in [1.807, 2.05) is 0 Å². The fourth-order valence-electron chi connectivity index (χ4n) is 4.56. The number of nitrogens with zero attached hydrogens (tertiary/aromatic N) is 2. The Kier molecular flexibility index (Phi) is 10.7. The normalized spacial score (nSPS) is 17.3. The van der Waals surface area contributed by atoms with Crippen LogP contribution in [0.5, 0.6) is 5.75 Å². The molecule has 0 spiro atoms. The number of carbonyl (C=O) groups is 2. The molecule has 1 aliphatic carbocycles. The summed E-state index contributed by atoms with van der Waals surface area (Å²) < 4.78 is 6.21. The number of likely N-dealkylation sites (tertiary alicyclic amines) is 1. The van der Waals surface area contributed by atoms with Gasteiger partial charge in [-0.1, -0.05) is 49.6 Å². The zero-order valence-corrected chi connectivity index (χ0v) is 20.5. The van der Waals surface area contributed by atoms with Gasteiger partial charge in [-0.05, 0) is 56.7 Å². The Hall–Kier alpha value is -3.46. The minimum atomic E-state index is -1.82. The highest BCUT2D eigenvalue weighted by atomic mass is 16.5. The summed E-state index contributed by atoms with van der Waals surface area (Å²) in [5, 5.41) is 14.8. The van der Waals surface area contributed by atoms with Crippen LogP contribution in [0.3, 0.4) is 0 Å². The molecule has 1 aromatic heterocycles. The molecule has 1 saturated heterocycles. The summed E-state index contributed by atoms with van der Waals surface area (Å²) in [5.74, 6) is -1.36. The topological polar surface area (TPSA) is 133 Å². The smallest absolute Gasteiger partial charge is 0.414 e. The zero-order valence-electron chi connectivity index (χ0n) is 20.5. The zero-order chi connectivity index (χ0) is 25.8. The highest BCUT2D eigenvalue weighted by molar-refractivity contribution is 6.27. The van der Waals surface area contributed by atoms with Gasteiger partial charge in [-0.15, -0.1) is 0 Å². The number of hydrogen-bond acceptors (Lipinski definition) is 6.